The third kappa shape index (κ3) is 3.68. The van der Waals surface area contributed by atoms with Gasteiger partial charge in [-0.2, -0.15) is 0 Å². The number of fused-ring (bicyclic) bond motifs is 3. The van der Waals surface area contributed by atoms with E-state index in [1.807, 2.05) is 33.3 Å². The van der Waals surface area contributed by atoms with Crippen LogP contribution in [-0.2, 0) is 0 Å². The van der Waals surface area contributed by atoms with E-state index in [0.717, 1.165) is 50.7 Å². The van der Waals surface area contributed by atoms with E-state index in [4.69, 9.17) is 0 Å². The van der Waals surface area contributed by atoms with Crippen LogP contribution in [0.5, 0.6) is 0 Å². The van der Waals surface area contributed by atoms with E-state index in [9.17, 15) is 4.79 Å². The van der Waals surface area contributed by atoms with E-state index < -0.39 is 0 Å². The van der Waals surface area contributed by atoms with Crippen molar-refractivity contribution in [1.82, 2.24) is 20.2 Å². The number of nitrogens with zero attached hydrogens (tertiary/aromatic N) is 2. The quantitative estimate of drug-likeness (QED) is 0.515. The van der Waals surface area contributed by atoms with Crippen molar-refractivity contribution in [2.24, 2.45) is 0 Å². The SMILES string of the molecule is Cc1cccc(-c2cc(C(=O)NCCN(C)C)c(C)c3[nH]c4ncc(C)cc4c23)c1. The fourth-order valence-corrected chi connectivity index (χ4v) is 3.96. The van der Waals surface area contributed by atoms with Gasteiger partial charge in [-0.3, -0.25) is 4.79 Å². The van der Waals surface area contributed by atoms with Gasteiger partial charge in [0.2, 0.25) is 0 Å². The number of carbonyl (C=O) groups is 1. The molecule has 0 atom stereocenters. The van der Waals surface area contributed by atoms with Gasteiger partial charge >= 0.3 is 0 Å². The highest BCUT2D eigenvalue weighted by Gasteiger charge is 2.20. The first-order valence-corrected chi connectivity index (χ1v) is 10.3. The molecule has 30 heavy (non-hydrogen) atoms. The van der Waals surface area contributed by atoms with Gasteiger partial charge in [0.15, 0.2) is 0 Å². The van der Waals surface area contributed by atoms with E-state index in [-0.39, 0.29) is 5.91 Å². The molecule has 5 nitrogen and oxygen atoms in total. The molecule has 2 aromatic heterocycles. The summed E-state index contributed by atoms with van der Waals surface area (Å²) in [7, 11) is 4.00. The van der Waals surface area contributed by atoms with Crippen LogP contribution in [0.1, 0.15) is 27.0 Å². The van der Waals surface area contributed by atoms with Crippen molar-refractivity contribution >= 4 is 27.8 Å². The Bertz CT molecular complexity index is 1250. The van der Waals surface area contributed by atoms with Crippen LogP contribution in [0.2, 0.25) is 0 Å². The summed E-state index contributed by atoms with van der Waals surface area (Å²) in [6.07, 6.45) is 1.87. The highest BCUT2D eigenvalue weighted by Crippen LogP contribution is 2.38. The van der Waals surface area contributed by atoms with Crippen LogP contribution < -0.4 is 5.32 Å². The number of aryl methyl sites for hydroxylation is 3. The van der Waals surface area contributed by atoms with Gasteiger partial charge in [0.25, 0.3) is 5.91 Å². The molecule has 0 spiro atoms. The lowest BCUT2D eigenvalue weighted by molar-refractivity contribution is 0.0950. The number of aromatic amines is 1. The standard InChI is InChI=1S/C25H28N4O/c1-15-7-6-8-18(11-15)20-13-19(25(30)26-9-10-29(4)5)17(3)23-22(20)21-12-16(2)14-27-24(21)28-23/h6-8,11-14H,9-10H2,1-5H3,(H,26,30)(H,27,28). The molecular weight excluding hydrogens is 372 g/mol. The molecule has 0 bridgehead atoms. The minimum absolute atomic E-state index is 0.0482. The molecule has 5 heteroatoms. The molecule has 1 amide bonds. The molecule has 2 N–H and O–H groups in total. The Morgan fingerprint density at radius 3 is 2.63 bits per heavy atom. The number of nitrogens with one attached hydrogen (secondary N) is 2. The summed E-state index contributed by atoms with van der Waals surface area (Å²) in [6.45, 7) is 7.55. The van der Waals surface area contributed by atoms with E-state index in [1.54, 1.807) is 0 Å². The summed E-state index contributed by atoms with van der Waals surface area (Å²) in [5.41, 5.74) is 7.91. The lowest BCUT2D eigenvalue weighted by atomic mass is 9.93. The molecule has 0 aliphatic rings. The van der Waals surface area contributed by atoms with Gasteiger partial charge in [-0.1, -0.05) is 29.8 Å². The lowest BCUT2D eigenvalue weighted by Crippen LogP contribution is -2.31. The number of hydrogen-bond donors (Lipinski definition) is 2. The Morgan fingerprint density at radius 1 is 1.10 bits per heavy atom. The number of carbonyl (C=O) groups excluding carboxylic acids is 1. The number of rotatable bonds is 5. The maximum absolute atomic E-state index is 13.1. The lowest BCUT2D eigenvalue weighted by Gasteiger charge is -2.14. The monoisotopic (exact) mass is 400 g/mol. The van der Waals surface area contributed by atoms with Crippen molar-refractivity contribution in [2.75, 3.05) is 27.2 Å². The zero-order valence-corrected chi connectivity index (χ0v) is 18.3. The fourth-order valence-electron chi connectivity index (χ4n) is 3.96. The summed E-state index contributed by atoms with van der Waals surface area (Å²) in [6, 6.07) is 12.6. The zero-order chi connectivity index (χ0) is 21.4. The van der Waals surface area contributed by atoms with Crippen LogP contribution in [0.15, 0.2) is 42.6 Å². The first-order chi connectivity index (χ1) is 14.3. The van der Waals surface area contributed by atoms with Gasteiger partial charge in [0.05, 0.1) is 5.52 Å². The molecule has 0 aliphatic heterocycles. The second-order valence-corrected chi connectivity index (χ2v) is 8.31. The molecule has 0 saturated heterocycles. The van der Waals surface area contributed by atoms with Crippen LogP contribution in [0.4, 0.5) is 0 Å². The molecule has 0 saturated carbocycles. The number of benzene rings is 2. The minimum Gasteiger partial charge on any atom is -0.351 e. The Morgan fingerprint density at radius 2 is 1.90 bits per heavy atom. The van der Waals surface area contributed by atoms with Gasteiger partial charge in [-0.05, 0) is 69.3 Å². The highest BCUT2D eigenvalue weighted by molar-refractivity contribution is 6.17. The predicted molar refractivity (Wildman–Crippen MR) is 124 cm³/mol. The zero-order valence-electron chi connectivity index (χ0n) is 18.3. The molecule has 0 unspecified atom stereocenters. The van der Waals surface area contributed by atoms with Crippen molar-refractivity contribution < 1.29 is 4.79 Å². The Kier molecular flexibility index (Phi) is 5.31. The molecule has 154 valence electrons. The highest BCUT2D eigenvalue weighted by atomic mass is 16.1. The van der Waals surface area contributed by atoms with Gasteiger partial charge in [0, 0.05) is 35.6 Å². The average molecular weight is 401 g/mol. The Hall–Kier alpha value is -3.18. The normalized spacial score (nSPS) is 11.5. The van der Waals surface area contributed by atoms with Crippen LogP contribution in [0.3, 0.4) is 0 Å². The van der Waals surface area contributed by atoms with Crippen molar-refractivity contribution in [3.05, 3.63) is 64.8 Å². The molecule has 0 aliphatic carbocycles. The smallest absolute Gasteiger partial charge is 0.251 e. The van der Waals surface area contributed by atoms with Gasteiger partial charge in [-0.15, -0.1) is 0 Å². The summed E-state index contributed by atoms with van der Waals surface area (Å²) in [4.78, 5) is 23.2. The summed E-state index contributed by atoms with van der Waals surface area (Å²) in [5.74, 6) is -0.0482. The number of H-pyrrole nitrogens is 1. The third-order valence-corrected chi connectivity index (χ3v) is 5.54. The number of hydrogen-bond acceptors (Lipinski definition) is 3. The predicted octanol–water partition coefficient (Wildman–Crippen LogP) is 4.60. The molecule has 2 heterocycles. The largest absolute Gasteiger partial charge is 0.351 e. The first-order valence-electron chi connectivity index (χ1n) is 10.3. The van der Waals surface area contributed by atoms with E-state index in [2.05, 4.69) is 64.4 Å². The van der Waals surface area contributed by atoms with E-state index in [1.165, 1.54) is 5.56 Å². The number of aromatic nitrogens is 2. The number of pyridine rings is 1. The minimum atomic E-state index is -0.0482. The maximum Gasteiger partial charge on any atom is 0.251 e. The number of amides is 1. The van der Waals surface area contributed by atoms with Crippen molar-refractivity contribution in [1.29, 1.82) is 0 Å². The molecule has 2 aromatic carbocycles. The summed E-state index contributed by atoms with van der Waals surface area (Å²) in [5, 5.41) is 5.27. The topological polar surface area (TPSA) is 61.0 Å². The second-order valence-electron chi connectivity index (χ2n) is 8.31. The molecule has 0 fully saturated rings. The van der Waals surface area contributed by atoms with E-state index >= 15 is 0 Å². The van der Waals surface area contributed by atoms with Crippen LogP contribution in [0.25, 0.3) is 33.1 Å². The van der Waals surface area contributed by atoms with Crippen molar-refractivity contribution in [2.45, 2.75) is 20.8 Å². The Balaban J connectivity index is 1.96. The van der Waals surface area contributed by atoms with Gasteiger partial charge < -0.3 is 15.2 Å². The maximum atomic E-state index is 13.1. The first kappa shape index (κ1) is 20.1. The van der Waals surface area contributed by atoms with Gasteiger partial charge in [-0.25, -0.2) is 4.98 Å². The molecule has 4 aromatic rings. The van der Waals surface area contributed by atoms with Crippen LogP contribution in [0, 0.1) is 20.8 Å². The molecular formula is C25H28N4O. The number of likely N-dealkylation sites (N-methyl/N-ethyl adjacent to an activating group) is 1. The van der Waals surface area contributed by atoms with E-state index in [0.29, 0.717) is 12.1 Å². The summed E-state index contributed by atoms with van der Waals surface area (Å²) < 4.78 is 0. The van der Waals surface area contributed by atoms with Crippen LogP contribution in [-0.4, -0.2) is 48.0 Å². The van der Waals surface area contributed by atoms with Gasteiger partial charge in [0.1, 0.15) is 5.65 Å². The average Bonchev–Trinajstić information content (AvgIpc) is 3.07. The molecule has 4 rings (SSSR count). The summed E-state index contributed by atoms with van der Waals surface area (Å²) >= 11 is 0. The fraction of sp³-hybridized carbons (Fsp3) is 0.280. The van der Waals surface area contributed by atoms with Crippen molar-refractivity contribution in [3.63, 3.8) is 0 Å². The molecule has 0 radical (unpaired) electrons. The second kappa shape index (κ2) is 7.92. The van der Waals surface area contributed by atoms with Crippen LogP contribution >= 0.6 is 0 Å². The van der Waals surface area contributed by atoms with Crippen molar-refractivity contribution in [3.8, 4) is 11.1 Å². The third-order valence-electron chi connectivity index (χ3n) is 5.54. The Labute approximate surface area is 177 Å².